The molecule has 0 saturated heterocycles. The molecule has 1 aliphatic carbocycles. The van der Waals surface area contributed by atoms with E-state index in [0.29, 0.717) is 6.42 Å². The molecule has 0 saturated carbocycles. The van der Waals surface area contributed by atoms with Crippen molar-refractivity contribution in [2.75, 3.05) is 7.11 Å². The summed E-state index contributed by atoms with van der Waals surface area (Å²) in [6.07, 6.45) is 0.909. The number of fused-ring (bicyclic) bond motifs is 1. The van der Waals surface area contributed by atoms with Crippen molar-refractivity contribution in [1.29, 1.82) is 0 Å². The van der Waals surface area contributed by atoms with Gasteiger partial charge in [0.1, 0.15) is 5.75 Å². The first-order chi connectivity index (χ1) is 7.57. The van der Waals surface area contributed by atoms with Crippen molar-refractivity contribution in [3.8, 4) is 5.75 Å². The number of ether oxygens (including phenoxy) is 1. The van der Waals surface area contributed by atoms with E-state index in [1.54, 1.807) is 7.11 Å². The second-order valence-corrected chi connectivity index (χ2v) is 4.11. The van der Waals surface area contributed by atoms with Gasteiger partial charge < -0.3 is 14.9 Å². The van der Waals surface area contributed by atoms with Gasteiger partial charge in [-0.05, 0) is 30.0 Å². The Morgan fingerprint density at radius 2 is 2.25 bits per heavy atom. The van der Waals surface area contributed by atoms with Crippen molar-refractivity contribution in [2.45, 2.75) is 24.9 Å². The Balaban J connectivity index is 2.39. The van der Waals surface area contributed by atoms with Crippen molar-refractivity contribution >= 4 is 5.97 Å². The molecule has 2 rings (SSSR count). The quantitative estimate of drug-likeness (QED) is 0.783. The van der Waals surface area contributed by atoms with Crippen LogP contribution in [-0.2, 0) is 17.6 Å². The summed E-state index contributed by atoms with van der Waals surface area (Å²) in [5.41, 5.74) is 0.241. The van der Waals surface area contributed by atoms with Gasteiger partial charge in [0.25, 0.3) is 0 Å². The summed E-state index contributed by atoms with van der Waals surface area (Å²) in [7, 11) is 1.59. The minimum absolute atomic E-state index is 0.148. The molecule has 86 valence electrons. The molecular weight excluding hydrogens is 208 g/mol. The maximum Gasteiger partial charge on any atom is 0.336 e. The van der Waals surface area contributed by atoms with Crippen LogP contribution >= 0.6 is 0 Å². The highest BCUT2D eigenvalue weighted by Gasteiger charge is 2.39. The fraction of sp³-hybridized carbons (Fsp3) is 0.417. The molecule has 0 unspecified atom stereocenters. The SMILES string of the molecule is COc1cccc2c1CC[C@@](O)(C(=O)O)C2. The highest BCUT2D eigenvalue weighted by molar-refractivity contribution is 5.78. The lowest BCUT2D eigenvalue weighted by atomic mass is 9.80. The number of aliphatic hydroxyl groups is 1. The Labute approximate surface area is 93.5 Å². The van der Waals surface area contributed by atoms with Gasteiger partial charge >= 0.3 is 5.97 Å². The minimum atomic E-state index is -1.63. The molecule has 16 heavy (non-hydrogen) atoms. The van der Waals surface area contributed by atoms with Gasteiger partial charge in [0.15, 0.2) is 5.60 Å². The number of hydrogen-bond acceptors (Lipinski definition) is 3. The smallest absolute Gasteiger partial charge is 0.336 e. The van der Waals surface area contributed by atoms with Crippen molar-refractivity contribution in [3.63, 3.8) is 0 Å². The van der Waals surface area contributed by atoms with E-state index in [2.05, 4.69) is 0 Å². The number of methoxy groups -OCH3 is 1. The summed E-state index contributed by atoms with van der Waals surface area (Å²) in [4.78, 5) is 11.0. The van der Waals surface area contributed by atoms with E-state index in [1.165, 1.54) is 0 Å². The largest absolute Gasteiger partial charge is 0.496 e. The van der Waals surface area contributed by atoms with E-state index in [4.69, 9.17) is 9.84 Å². The molecule has 4 nitrogen and oxygen atoms in total. The van der Waals surface area contributed by atoms with Gasteiger partial charge in [0.2, 0.25) is 0 Å². The monoisotopic (exact) mass is 222 g/mol. The molecule has 0 radical (unpaired) electrons. The Morgan fingerprint density at radius 1 is 1.50 bits per heavy atom. The predicted octanol–water partition coefficient (Wildman–Crippen LogP) is 1.000. The average Bonchev–Trinajstić information content (AvgIpc) is 2.27. The molecule has 1 aromatic carbocycles. The number of aliphatic carboxylic acids is 1. The Morgan fingerprint density at radius 3 is 2.88 bits per heavy atom. The van der Waals surface area contributed by atoms with E-state index < -0.39 is 11.6 Å². The summed E-state index contributed by atoms with van der Waals surface area (Å²) in [5.74, 6) is -0.383. The zero-order chi connectivity index (χ0) is 11.8. The third-order valence-corrected chi connectivity index (χ3v) is 3.12. The van der Waals surface area contributed by atoms with Gasteiger partial charge in [-0.1, -0.05) is 12.1 Å². The number of carboxylic acids is 1. The molecule has 1 aromatic rings. The van der Waals surface area contributed by atoms with Gasteiger partial charge in [-0.3, -0.25) is 0 Å². The van der Waals surface area contributed by atoms with Crippen LogP contribution in [0.4, 0.5) is 0 Å². The van der Waals surface area contributed by atoms with Crippen LogP contribution in [0.2, 0.25) is 0 Å². The Kier molecular flexibility index (Phi) is 2.59. The van der Waals surface area contributed by atoms with Gasteiger partial charge in [-0.15, -0.1) is 0 Å². The Bertz CT molecular complexity index is 427. The van der Waals surface area contributed by atoms with Crippen LogP contribution in [0.15, 0.2) is 18.2 Å². The van der Waals surface area contributed by atoms with Crippen molar-refractivity contribution in [1.82, 2.24) is 0 Å². The predicted molar refractivity (Wildman–Crippen MR) is 57.6 cm³/mol. The van der Waals surface area contributed by atoms with Crippen LogP contribution in [-0.4, -0.2) is 28.9 Å². The van der Waals surface area contributed by atoms with Crippen LogP contribution < -0.4 is 4.74 Å². The summed E-state index contributed by atoms with van der Waals surface area (Å²) in [6, 6.07) is 5.50. The zero-order valence-electron chi connectivity index (χ0n) is 9.06. The second kappa shape index (κ2) is 3.79. The summed E-state index contributed by atoms with van der Waals surface area (Å²) in [5, 5.41) is 18.9. The molecule has 2 N–H and O–H groups in total. The third-order valence-electron chi connectivity index (χ3n) is 3.12. The van der Waals surface area contributed by atoms with Gasteiger partial charge in [-0.25, -0.2) is 4.79 Å². The minimum Gasteiger partial charge on any atom is -0.496 e. The van der Waals surface area contributed by atoms with Crippen molar-refractivity contribution < 1.29 is 19.7 Å². The molecule has 0 heterocycles. The molecule has 0 aliphatic heterocycles. The number of benzene rings is 1. The number of hydrogen-bond donors (Lipinski definition) is 2. The second-order valence-electron chi connectivity index (χ2n) is 4.11. The molecule has 0 amide bonds. The van der Waals surface area contributed by atoms with Crippen molar-refractivity contribution in [3.05, 3.63) is 29.3 Å². The highest BCUT2D eigenvalue weighted by atomic mass is 16.5. The number of rotatable bonds is 2. The van der Waals surface area contributed by atoms with Crippen LogP contribution in [0.3, 0.4) is 0 Å². The van der Waals surface area contributed by atoms with E-state index in [9.17, 15) is 9.90 Å². The fourth-order valence-corrected chi connectivity index (χ4v) is 2.17. The first-order valence-electron chi connectivity index (χ1n) is 5.17. The van der Waals surface area contributed by atoms with Crippen LogP contribution in [0.25, 0.3) is 0 Å². The normalized spacial score (nSPS) is 23.6. The molecule has 1 aliphatic rings. The molecule has 1 atom stereocenters. The van der Waals surface area contributed by atoms with E-state index >= 15 is 0 Å². The molecule has 0 fully saturated rings. The first kappa shape index (κ1) is 11.0. The molecule has 0 aromatic heterocycles. The van der Waals surface area contributed by atoms with E-state index in [0.717, 1.165) is 16.9 Å². The first-order valence-corrected chi connectivity index (χ1v) is 5.17. The highest BCUT2D eigenvalue weighted by Crippen LogP contribution is 2.34. The molecule has 0 bridgehead atoms. The summed E-state index contributed by atoms with van der Waals surface area (Å²) < 4.78 is 5.21. The zero-order valence-corrected chi connectivity index (χ0v) is 9.06. The summed E-state index contributed by atoms with van der Waals surface area (Å²) >= 11 is 0. The van der Waals surface area contributed by atoms with Crippen molar-refractivity contribution in [2.24, 2.45) is 0 Å². The maximum atomic E-state index is 11.0. The van der Waals surface area contributed by atoms with Gasteiger partial charge in [0, 0.05) is 6.42 Å². The standard InChI is InChI=1S/C12H14O4/c1-16-10-4-2-3-8-7-12(15,11(13)14)6-5-9(8)10/h2-4,15H,5-7H2,1H3,(H,13,14)/t12-/m0/s1. The van der Waals surface area contributed by atoms with E-state index in [1.807, 2.05) is 18.2 Å². The molecule has 4 heteroatoms. The lowest BCUT2D eigenvalue weighted by Gasteiger charge is -2.30. The fourth-order valence-electron chi connectivity index (χ4n) is 2.17. The molecule has 0 spiro atoms. The van der Waals surface area contributed by atoms with Gasteiger partial charge in [-0.2, -0.15) is 0 Å². The summed E-state index contributed by atoms with van der Waals surface area (Å²) in [6.45, 7) is 0. The Hall–Kier alpha value is -1.55. The topological polar surface area (TPSA) is 66.8 Å². The molecular formula is C12H14O4. The lowest BCUT2D eigenvalue weighted by molar-refractivity contribution is -0.159. The average molecular weight is 222 g/mol. The van der Waals surface area contributed by atoms with E-state index in [-0.39, 0.29) is 12.8 Å². The third kappa shape index (κ3) is 1.65. The van der Waals surface area contributed by atoms with Gasteiger partial charge in [0.05, 0.1) is 7.11 Å². The lowest BCUT2D eigenvalue weighted by Crippen LogP contribution is -2.43. The van der Waals surface area contributed by atoms with Crippen LogP contribution in [0, 0.1) is 0 Å². The van der Waals surface area contributed by atoms with Crippen LogP contribution in [0.5, 0.6) is 5.75 Å². The van der Waals surface area contributed by atoms with Crippen LogP contribution in [0.1, 0.15) is 17.5 Å². The number of carbonyl (C=O) groups is 1. The maximum absolute atomic E-state index is 11.0. The number of carboxylic acid groups (broad SMARTS) is 1.